The van der Waals surface area contributed by atoms with E-state index in [4.69, 9.17) is 5.73 Å². The average molecular weight is 247 g/mol. The molecule has 5 nitrogen and oxygen atoms in total. The fourth-order valence-electron chi connectivity index (χ4n) is 1.89. The second-order valence-electron chi connectivity index (χ2n) is 3.93. The summed E-state index contributed by atoms with van der Waals surface area (Å²) in [6.45, 7) is 0.631. The van der Waals surface area contributed by atoms with E-state index < -0.39 is 0 Å². The van der Waals surface area contributed by atoms with Crippen molar-refractivity contribution in [3.05, 3.63) is 29.8 Å². The standard InChI is InChI=1S/C11H13N5S/c1-15-7-13-4-9(15)10-6-17-11-14-8(2-3-12)5-16(10)11/h4-7H,2-3,12H2,1H3. The number of aromatic nitrogens is 4. The number of nitrogens with two attached hydrogens (primary N) is 1. The molecule has 88 valence electrons. The third-order valence-electron chi connectivity index (χ3n) is 2.74. The SMILES string of the molecule is Cn1cncc1-c1csc2nc(CCN)cn12. The Labute approximate surface area is 103 Å². The van der Waals surface area contributed by atoms with Crippen molar-refractivity contribution in [1.29, 1.82) is 0 Å². The molecule has 3 aromatic rings. The highest BCUT2D eigenvalue weighted by Crippen LogP contribution is 2.25. The van der Waals surface area contributed by atoms with Crippen molar-refractivity contribution in [2.45, 2.75) is 6.42 Å². The molecule has 3 heterocycles. The highest BCUT2D eigenvalue weighted by molar-refractivity contribution is 7.15. The van der Waals surface area contributed by atoms with Crippen LogP contribution in [0.2, 0.25) is 0 Å². The zero-order chi connectivity index (χ0) is 11.8. The summed E-state index contributed by atoms with van der Waals surface area (Å²) >= 11 is 1.64. The molecule has 0 aliphatic rings. The summed E-state index contributed by atoms with van der Waals surface area (Å²) in [6, 6.07) is 0. The molecule has 0 fully saturated rings. The summed E-state index contributed by atoms with van der Waals surface area (Å²) in [5.41, 5.74) is 8.81. The largest absolute Gasteiger partial charge is 0.333 e. The number of hydrogen-bond donors (Lipinski definition) is 1. The number of hydrogen-bond acceptors (Lipinski definition) is 4. The predicted octanol–water partition coefficient (Wildman–Crippen LogP) is 1.30. The van der Waals surface area contributed by atoms with Crippen LogP contribution in [0.25, 0.3) is 16.3 Å². The van der Waals surface area contributed by atoms with Gasteiger partial charge in [-0.05, 0) is 6.54 Å². The fourth-order valence-corrected chi connectivity index (χ4v) is 2.77. The van der Waals surface area contributed by atoms with E-state index in [2.05, 4.69) is 25.9 Å². The van der Waals surface area contributed by atoms with Gasteiger partial charge in [0.2, 0.25) is 0 Å². The molecule has 0 atom stereocenters. The molecule has 0 aromatic carbocycles. The third-order valence-corrected chi connectivity index (χ3v) is 3.58. The van der Waals surface area contributed by atoms with Gasteiger partial charge in [-0.3, -0.25) is 4.40 Å². The predicted molar refractivity (Wildman–Crippen MR) is 68.0 cm³/mol. The van der Waals surface area contributed by atoms with Gasteiger partial charge in [0.1, 0.15) is 0 Å². The first-order chi connectivity index (χ1) is 8.29. The fraction of sp³-hybridized carbons (Fsp3) is 0.273. The first kappa shape index (κ1) is 10.5. The van der Waals surface area contributed by atoms with Crippen LogP contribution in [0.15, 0.2) is 24.1 Å². The maximum Gasteiger partial charge on any atom is 0.194 e. The topological polar surface area (TPSA) is 61.1 Å². The molecular formula is C11H13N5S. The minimum absolute atomic E-state index is 0.631. The Balaban J connectivity index is 2.14. The zero-order valence-electron chi connectivity index (χ0n) is 9.50. The molecule has 0 radical (unpaired) electrons. The number of fused-ring (bicyclic) bond motifs is 1. The number of aryl methyl sites for hydroxylation is 1. The van der Waals surface area contributed by atoms with Gasteiger partial charge in [0.15, 0.2) is 4.96 Å². The molecule has 0 bridgehead atoms. The van der Waals surface area contributed by atoms with Crippen molar-refractivity contribution in [3.63, 3.8) is 0 Å². The van der Waals surface area contributed by atoms with Gasteiger partial charge >= 0.3 is 0 Å². The van der Waals surface area contributed by atoms with Crippen LogP contribution >= 0.6 is 11.3 Å². The molecule has 3 aromatic heterocycles. The van der Waals surface area contributed by atoms with E-state index in [-0.39, 0.29) is 0 Å². The van der Waals surface area contributed by atoms with Gasteiger partial charge in [-0.1, -0.05) is 0 Å². The molecule has 0 saturated heterocycles. The van der Waals surface area contributed by atoms with Gasteiger partial charge in [0.05, 0.1) is 29.6 Å². The number of thiazole rings is 1. The van der Waals surface area contributed by atoms with Crippen molar-refractivity contribution >= 4 is 16.3 Å². The summed E-state index contributed by atoms with van der Waals surface area (Å²) in [6.07, 6.45) is 6.54. The van der Waals surface area contributed by atoms with Crippen LogP contribution in [0.5, 0.6) is 0 Å². The van der Waals surface area contributed by atoms with E-state index in [0.717, 1.165) is 28.5 Å². The zero-order valence-corrected chi connectivity index (χ0v) is 10.3. The van der Waals surface area contributed by atoms with Crippen LogP contribution in [0, 0.1) is 0 Å². The molecular weight excluding hydrogens is 234 g/mol. The monoisotopic (exact) mass is 247 g/mol. The normalized spacial score (nSPS) is 11.4. The van der Waals surface area contributed by atoms with Crippen molar-refractivity contribution in [3.8, 4) is 11.4 Å². The Hall–Kier alpha value is -1.66. The molecule has 0 spiro atoms. The van der Waals surface area contributed by atoms with Crippen molar-refractivity contribution in [2.24, 2.45) is 12.8 Å². The number of rotatable bonds is 3. The van der Waals surface area contributed by atoms with E-state index in [9.17, 15) is 0 Å². The van der Waals surface area contributed by atoms with Crippen molar-refractivity contribution in [1.82, 2.24) is 18.9 Å². The molecule has 0 aliphatic carbocycles. The van der Waals surface area contributed by atoms with Crippen molar-refractivity contribution in [2.75, 3.05) is 6.54 Å². The molecule has 0 amide bonds. The minimum atomic E-state index is 0.631. The average Bonchev–Trinajstić information content (AvgIpc) is 2.94. The summed E-state index contributed by atoms with van der Waals surface area (Å²) in [4.78, 5) is 9.68. The molecule has 0 unspecified atom stereocenters. The van der Waals surface area contributed by atoms with E-state index in [1.807, 2.05) is 17.8 Å². The maximum atomic E-state index is 5.55. The lowest BCUT2D eigenvalue weighted by Crippen LogP contribution is -2.02. The van der Waals surface area contributed by atoms with E-state index >= 15 is 0 Å². The van der Waals surface area contributed by atoms with Crippen LogP contribution < -0.4 is 5.73 Å². The second-order valence-corrected chi connectivity index (χ2v) is 4.77. The molecule has 2 N–H and O–H groups in total. The van der Waals surface area contributed by atoms with Crippen LogP contribution in [0.3, 0.4) is 0 Å². The Kier molecular flexibility index (Phi) is 2.45. The van der Waals surface area contributed by atoms with Crippen LogP contribution in [0.4, 0.5) is 0 Å². The van der Waals surface area contributed by atoms with E-state index in [1.54, 1.807) is 17.7 Å². The summed E-state index contributed by atoms with van der Waals surface area (Å²) in [5, 5.41) is 2.10. The smallest absolute Gasteiger partial charge is 0.194 e. The van der Waals surface area contributed by atoms with Crippen LogP contribution in [-0.4, -0.2) is 25.5 Å². The van der Waals surface area contributed by atoms with Gasteiger partial charge in [-0.15, -0.1) is 11.3 Å². The molecule has 0 aliphatic heterocycles. The van der Waals surface area contributed by atoms with Crippen LogP contribution in [0.1, 0.15) is 5.69 Å². The summed E-state index contributed by atoms with van der Waals surface area (Å²) < 4.78 is 4.11. The number of nitrogens with zero attached hydrogens (tertiary/aromatic N) is 4. The second kappa shape index (κ2) is 3.97. The van der Waals surface area contributed by atoms with E-state index in [0.29, 0.717) is 6.54 Å². The Morgan fingerprint density at radius 3 is 3.00 bits per heavy atom. The van der Waals surface area contributed by atoms with Gasteiger partial charge < -0.3 is 10.3 Å². The lowest BCUT2D eigenvalue weighted by molar-refractivity contribution is 0.913. The molecule has 0 saturated carbocycles. The van der Waals surface area contributed by atoms with Crippen LogP contribution in [-0.2, 0) is 13.5 Å². The highest BCUT2D eigenvalue weighted by atomic mass is 32.1. The maximum absolute atomic E-state index is 5.55. The minimum Gasteiger partial charge on any atom is -0.333 e. The van der Waals surface area contributed by atoms with Gasteiger partial charge in [-0.25, -0.2) is 9.97 Å². The quantitative estimate of drug-likeness (QED) is 0.759. The third kappa shape index (κ3) is 1.65. The van der Waals surface area contributed by atoms with Gasteiger partial charge in [0, 0.05) is 25.0 Å². The summed E-state index contributed by atoms with van der Waals surface area (Å²) in [7, 11) is 1.99. The Bertz CT molecular complexity index is 648. The van der Waals surface area contributed by atoms with Gasteiger partial charge in [0.25, 0.3) is 0 Å². The first-order valence-electron chi connectivity index (χ1n) is 5.42. The molecule has 6 heteroatoms. The Morgan fingerprint density at radius 2 is 2.29 bits per heavy atom. The summed E-state index contributed by atoms with van der Waals surface area (Å²) in [5.74, 6) is 0. The lowest BCUT2D eigenvalue weighted by atomic mass is 10.3. The Morgan fingerprint density at radius 1 is 1.41 bits per heavy atom. The lowest BCUT2D eigenvalue weighted by Gasteiger charge is -1.99. The van der Waals surface area contributed by atoms with Crippen molar-refractivity contribution < 1.29 is 0 Å². The highest BCUT2D eigenvalue weighted by Gasteiger charge is 2.11. The number of imidazole rings is 2. The van der Waals surface area contributed by atoms with E-state index in [1.165, 1.54) is 0 Å². The molecule has 3 rings (SSSR count). The first-order valence-corrected chi connectivity index (χ1v) is 6.30. The van der Waals surface area contributed by atoms with Gasteiger partial charge in [-0.2, -0.15) is 0 Å². The molecule has 17 heavy (non-hydrogen) atoms.